The molecular formula is C14H20FNO. The van der Waals surface area contributed by atoms with Gasteiger partial charge >= 0.3 is 0 Å². The average molecular weight is 237 g/mol. The van der Waals surface area contributed by atoms with Gasteiger partial charge in [0.25, 0.3) is 0 Å². The molecule has 1 saturated carbocycles. The zero-order valence-corrected chi connectivity index (χ0v) is 10.3. The van der Waals surface area contributed by atoms with E-state index in [0.717, 1.165) is 25.8 Å². The van der Waals surface area contributed by atoms with Gasteiger partial charge in [0.05, 0.1) is 11.8 Å². The Morgan fingerprint density at radius 2 is 2.00 bits per heavy atom. The number of para-hydroxylation sites is 1. The molecule has 0 saturated heterocycles. The van der Waals surface area contributed by atoms with Gasteiger partial charge in [-0.2, -0.15) is 0 Å². The monoisotopic (exact) mass is 237 g/mol. The highest BCUT2D eigenvalue weighted by atomic mass is 19.1. The minimum absolute atomic E-state index is 0.194. The third-order valence-corrected chi connectivity index (χ3v) is 3.64. The Morgan fingerprint density at radius 1 is 1.29 bits per heavy atom. The Hall–Kier alpha value is -1.09. The fourth-order valence-corrected chi connectivity index (χ4v) is 2.61. The lowest BCUT2D eigenvalue weighted by Crippen LogP contribution is -2.35. The summed E-state index contributed by atoms with van der Waals surface area (Å²) in [6.07, 6.45) is 3.99. The predicted octanol–water partition coefficient (Wildman–Crippen LogP) is 2.81. The van der Waals surface area contributed by atoms with Gasteiger partial charge < -0.3 is 10.0 Å². The first-order valence-corrected chi connectivity index (χ1v) is 6.32. The van der Waals surface area contributed by atoms with Crippen LogP contribution in [0.25, 0.3) is 0 Å². The summed E-state index contributed by atoms with van der Waals surface area (Å²) >= 11 is 0. The normalized spacial score (nSPS) is 24.6. The standard InChI is InChI=1S/C14H20FNO/c1-16(13-8-4-3-7-12(13)15)10-11-6-2-5-9-14(11)17/h3-4,7-8,11,14,17H,2,5-6,9-10H2,1H3. The molecule has 2 nitrogen and oxygen atoms in total. The summed E-state index contributed by atoms with van der Waals surface area (Å²) < 4.78 is 13.6. The molecule has 1 fully saturated rings. The largest absolute Gasteiger partial charge is 0.393 e. The number of aliphatic hydroxyl groups is 1. The van der Waals surface area contributed by atoms with E-state index in [2.05, 4.69) is 0 Å². The fourth-order valence-electron chi connectivity index (χ4n) is 2.61. The molecule has 0 aliphatic heterocycles. The smallest absolute Gasteiger partial charge is 0.146 e. The van der Waals surface area contributed by atoms with E-state index in [-0.39, 0.29) is 17.8 Å². The number of benzene rings is 1. The second-order valence-electron chi connectivity index (χ2n) is 4.94. The van der Waals surface area contributed by atoms with Crippen molar-refractivity contribution in [3.63, 3.8) is 0 Å². The van der Waals surface area contributed by atoms with E-state index in [1.807, 2.05) is 18.0 Å². The number of nitrogens with zero attached hydrogens (tertiary/aromatic N) is 1. The van der Waals surface area contributed by atoms with E-state index in [4.69, 9.17) is 0 Å². The van der Waals surface area contributed by atoms with Crippen molar-refractivity contribution in [1.82, 2.24) is 0 Å². The topological polar surface area (TPSA) is 23.5 Å². The third-order valence-electron chi connectivity index (χ3n) is 3.64. The van der Waals surface area contributed by atoms with Crippen LogP contribution < -0.4 is 4.90 Å². The van der Waals surface area contributed by atoms with Crippen LogP contribution in [-0.2, 0) is 0 Å². The van der Waals surface area contributed by atoms with Crippen LogP contribution in [0.4, 0.5) is 10.1 Å². The maximum Gasteiger partial charge on any atom is 0.146 e. The Balaban J connectivity index is 2.01. The number of halogens is 1. The maximum atomic E-state index is 13.6. The van der Waals surface area contributed by atoms with E-state index in [0.29, 0.717) is 5.69 Å². The van der Waals surface area contributed by atoms with Crippen molar-refractivity contribution in [3.05, 3.63) is 30.1 Å². The first-order chi connectivity index (χ1) is 8.18. The average Bonchev–Trinajstić information content (AvgIpc) is 2.32. The lowest BCUT2D eigenvalue weighted by molar-refractivity contribution is 0.0736. The maximum absolute atomic E-state index is 13.6. The predicted molar refractivity (Wildman–Crippen MR) is 67.6 cm³/mol. The molecule has 1 aliphatic carbocycles. The first-order valence-electron chi connectivity index (χ1n) is 6.32. The molecule has 0 amide bonds. The number of anilines is 1. The highest BCUT2D eigenvalue weighted by Crippen LogP contribution is 2.27. The van der Waals surface area contributed by atoms with E-state index in [1.165, 1.54) is 12.5 Å². The highest BCUT2D eigenvalue weighted by molar-refractivity contribution is 5.46. The minimum Gasteiger partial charge on any atom is -0.393 e. The van der Waals surface area contributed by atoms with E-state index >= 15 is 0 Å². The molecule has 2 atom stereocenters. The van der Waals surface area contributed by atoms with Gasteiger partial charge in [-0.1, -0.05) is 25.0 Å². The van der Waals surface area contributed by atoms with Gasteiger partial charge in [-0.3, -0.25) is 0 Å². The van der Waals surface area contributed by atoms with Crippen LogP contribution in [-0.4, -0.2) is 24.8 Å². The van der Waals surface area contributed by atoms with Crippen molar-refractivity contribution in [2.24, 2.45) is 5.92 Å². The van der Waals surface area contributed by atoms with E-state index < -0.39 is 0 Å². The van der Waals surface area contributed by atoms with Crippen LogP contribution in [0.5, 0.6) is 0 Å². The van der Waals surface area contributed by atoms with Crippen LogP contribution in [0.1, 0.15) is 25.7 Å². The summed E-state index contributed by atoms with van der Waals surface area (Å²) in [6, 6.07) is 6.79. The highest BCUT2D eigenvalue weighted by Gasteiger charge is 2.24. The number of rotatable bonds is 3. The quantitative estimate of drug-likeness (QED) is 0.873. The summed E-state index contributed by atoms with van der Waals surface area (Å²) in [7, 11) is 1.89. The van der Waals surface area contributed by atoms with Gasteiger partial charge in [-0.15, -0.1) is 0 Å². The van der Waals surface area contributed by atoms with Crippen LogP contribution in [0.15, 0.2) is 24.3 Å². The minimum atomic E-state index is -0.224. The molecule has 1 aromatic rings. The second kappa shape index (κ2) is 5.50. The van der Waals surface area contributed by atoms with Crippen LogP contribution >= 0.6 is 0 Å². The summed E-state index contributed by atoms with van der Waals surface area (Å²) in [5, 5.41) is 9.91. The molecular weight excluding hydrogens is 217 g/mol. The number of hydrogen-bond donors (Lipinski definition) is 1. The van der Waals surface area contributed by atoms with Crippen LogP contribution in [0.2, 0.25) is 0 Å². The van der Waals surface area contributed by atoms with Gasteiger partial charge in [-0.05, 0) is 25.0 Å². The van der Waals surface area contributed by atoms with Crippen molar-refractivity contribution in [2.45, 2.75) is 31.8 Å². The van der Waals surface area contributed by atoms with E-state index in [1.54, 1.807) is 12.1 Å². The van der Waals surface area contributed by atoms with Crippen LogP contribution in [0, 0.1) is 11.7 Å². The number of hydrogen-bond acceptors (Lipinski definition) is 2. The molecule has 0 heterocycles. The van der Waals surface area contributed by atoms with Gasteiger partial charge in [-0.25, -0.2) is 4.39 Å². The molecule has 3 heteroatoms. The van der Waals surface area contributed by atoms with Gasteiger partial charge in [0, 0.05) is 19.5 Å². The Kier molecular flexibility index (Phi) is 4.00. The van der Waals surface area contributed by atoms with Gasteiger partial charge in [0.2, 0.25) is 0 Å². The first kappa shape index (κ1) is 12.4. The molecule has 1 aliphatic rings. The van der Waals surface area contributed by atoms with Crippen molar-refractivity contribution >= 4 is 5.69 Å². The summed E-state index contributed by atoms with van der Waals surface area (Å²) in [6.45, 7) is 0.724. The molecule has 0 spiro atoms. The van der Waals surface area contributed by atoms with Crippen molar-refractivity contribution in [1.29, 1.82) is 0 Å². The molecule has 1 aromatic carbocycles. The summed E-state index contributed by atoms with van der Waals surface area (Å²) in [5.74, 6) is 0.0775. The second-order valence-corrected chi connectivity index (χ2v) is 4.94. The lowest BCUT2D eigenvalue weighted by atomic mass is 9.86. The summed E-state index contributed by atoms with van der Waals surface area (Å²) in [5.41, 5.74) is 0.616. The fraction of sp³-hybridized carbons (Fsp3) is 0.571. The lowest BCUT2D eigenvalue weighted by Gasteiger charge is -2.32. The molecule has 1 N–H and O–H groups in total. The van der Waals surface area contributed by atoms with E-state index in [9.17, 15) is 9.50 Å². The van der Waals surface area contributed by atoms with Crippen LogP contribution in [0.3, 0.4) is 0 Å². The van der Waals surface area contributed by atoms with Crippen molar-refractivity contribution in [2.75, 3.05) is 18.5 Å². The molecule has 94 valence electrons. The molecule has 17 heavy (non-hydrogen) atoms. The SMILES string of the molecule is CN(CC1CCCCC1O)c1ccccc1F. The number of aliphatic hydroxyl groups excluding tert-OH is 1. The zero-order valence-electron chi connectivity index (χ0n) is 10.3. The Morgan fingerprint density at radius 3 is 2.71 bits per heavy atom. The van der Waals surface area contributed by atoms with Gasteiger partial charge in [0.1, 0.15) is 5.82 Å². The van der Waals surface area contributed by atoms with Gasteiger partial charge in [0.15, 0.2) is 0 Å². The molecule has 0 radical (unpaired) electrons. The summed E-state index contributed by atoms with van der Waals surface area (Å²) in [4.78, 5) is 1.91. The molecule has 0 bridgehead atoms. The van der Waals surface area contributed by atoms with Crippen molar-refractivity contribution in [3.8, 4) is 0 Å². The molecule has 2 unspecified atom stereocenters. The Labute approximate surface area is 102 Å². The molecule has 0 aromatic heterocycles. The van der Waals surface area contributed by atoms with Crippen molar-refractivity contribution < 1.29 is 9.50 Å². The Bertz CT molecular complexity index is 369. The molecule has 2 rings (SSSR count). The third kappa shape index (κ3) is 2.97. The zero-order chi connectivity index (χ0) is 12.3.